The molecule has 12 heteroatoms. The fourth-order valence-electron chi connectivity index (χ4n) is 6.02. The molecule has 1 fully saturated rings. The van der Waals surface area contributed by atoms with E-state index in [1.165, 1.54) is 12.0 Å². The van der Waals surface area contributed by atoms with Crippen LogP contribution < -0.4 is 19.7 Å². The van der Waals surface area contributed by atoms with E-state index in [4.69, 9.17) is 9.47 Å². The Labute approximate surface area is 280 Å². The minimum atomic E-state index is -0.374. The van der Waals surface area contributed by atoms with Gasteiger partial charge in [0, 0.05) is 50.8 Å². The average Bonchev–Trinajstić information content (AvgIpc) is 3.53. The number of aliphatic hydroxyl groups excluding tert-OH is 1. The number of hydrogen-bond acceptors (Lipinski definition) is 8. The second-order valence-corrected chi connectivity index (χ2v) is 12.1. The number of methoxy groups -OCH3 is 1. The number of nitrogens with one attached hydrogen (secondary N) is 2. The standard InChI is InChI=1S/C36H44N6O6/c1-24-12-15-29(30(21-24)48-20-7-5-6-11-32(45)42-18-16-40(2)17-19-42)41(3)36(46)27-14-13-26(35(47-4)34(27)37-23-44)25-9-8-10-28-33(25)39-31(22-43)38-28/h8-10,12-15,21,23,43H,5-7,11,16-20,22H2,1-4H3,(H,37,44)(H,38,39). The van der Waals surface area contributed by atoms with Crippen molar-refractivity contribution in [1.82, 2.24) is 19.8 Å². The van der Waals surface area contributed by atoms with Gasteiger partial charge in [0.15, 0.2) is 5.75 Å². The third kappa shape index (κ3) is 7.61. The molecule has 48 heavy (non-hydrogen) atoms. The van der Waals surface area contributed by atoms with E-state index in [1.54, 1.807) is 19.2 Å². The number of piperazine rings is 1. The Hall–Kier alpha value is -4.94. The van der Waals surface area contributed by atoms with Gasteiger partial charge in [0.1, 0.15) is 18.2 Å². The summed E-state index contributed by atoms with van der Waals surface area (Å²) in [6.45, 7) is 5.57. The summed E-state index contributed by atoms with van der Waals surface area (Å²) in [4.78, 5) is 51.7. The third-order valence-electron chi connectivity index (χ3n) is 8.73. The molecule has 254 valence electrons. The van der Waals surface area contributed by atoms with Gasteiger partial charge < -0.3 is 39.6 Å². The zero-order valence-corrected chi connectivity index (χ0v) is 28.0. The van der Waals surface area contributed by atoms with E-state index in [1.807, 2.05) is 48.2 Å². The Morgan fingerprint density at radius 1 is 1.06 bits per heavy atom. The van der Waals surface area contributed by atoms with Gasteiger partial charge >= 0.3 is 0 Å². The smallest absolute Gasteiger partial charge is 0.260 e. The first-order chi connectivity index (χ1) is 23.2. The highest BCUT2D eigenvalue weighted by Gasteiger charge is 2.26. The van der Waals surface area contributed by atoms with Gasteiger partial charge in [0.05, 0.1) is 41.7 Å². The Morgan fingerprint density at radius 3 is 2.58 bits per heavy atom. The summed E-state index contributed by atoms with van der Waals surface area (Å²) in [5, 5.41) is 12.3. The van der Waals surface area contributed by atoms with E-state index in [0.717, 1.165) is 56.5 Å². The number of likely N-dealkylation sites (N-methyl/N-ethyl adjacent to an activating group) is 1. The third-order valence-corrected chi connectivity index (χ3v) is 8.73. The highest BCUT2D eigenvalue weighted by Crippen LogP contribution is 2.42. The van der Waals surface area contributed by atoms with Crippen LogP contribution in [0.3, 0.4) is 0 Å². The number of aryl methyl sites for hydroxylation is 1. The minimum absolute atomic E-state index is 0.215. The van der Waals surface area contributed by atoms with Crippen molar-refractivity contribution in [2.24, 2.45) is 0 Å². The first-order valence-corrected chi connectivity index (χ1v) is 16.2. The van der Waals surface area contributed by atoms with E-state index < -0.39 is 0 Å². The molecule has 3 N–H and O–H groups in total. The number of rotatable bonds is 14. The molecule has 12 nitrogen and oxygen atoms in total. The summed E-state index contributed by atoms with van der Waals surface area (Å²) < 4.78 is 12.0. The average molecular weight is 657 g/mol. The maximum atomic E-state index is 14.1. The number of benzene rings is 3. The zero-order chi connectivity index (χ0) is 34.2. The van der Waals surface area contributed by atoms with Crippen molar-refractivity contribution in [2.75, 3.05) is 64.2 Å². The van der Waals surface area contributed by atoms with Crippen LogP contribution in [0, 0.1) is 6.92 Å². The molecule has 1 aromatic heterocycles. The molecule has 2 heterocycles. The first kappa shape index (κ1) is 34.4. The molecule has 3 amide bonds. The Kier molecular flexibility index (Phi) is 11.3. The molecule has 1 aliphatic rings. The molecule has 3 aromatic carbocycles. The quantitative estimate of drug-likeness (QED) is 0.132. The fraction of sp³-hybridized carbons (Fsp3) is 0.389. The van der Waals surface area contributed by atoms with Gasteiger partial charge in [-0.15, -0.1) is 0 Å². The first-order valence-electron chi connectivity index (χ1n) is 16.2. The lowest BCUT2D eigenvalue weighted by Gasteiger charge is -2.32. The monoisotopic (exact) mass is 656 g/mol. The molecule has 0 unspecified atom stereocenters. The van der Waals surface area contributed by atoms with Crippen LogP contribution in [0.4, 0.5) is 11.4 Å². The Morgan fingerprint density at radius 2 is 1.85 bits per heavy atom. The number of unbranched alkanes of at least 4 members (excludes halogenated alkanes) is 2. The number of hydrogen-bond donors (Lipinski definition) is 3. The summed E-state index contributed by atoms with van der Waals surface area (Å²) in [7, 11) is 5.21. The number of para-hydroxylation sites is 1. The van der Waals surface area contributed by atoms with E-state index in [2.05, 4.69) is 27.2 Å². The molecule has 4 aromatic rings. The van der Waals surface area contributed by atoms with E-state index >= 15 is 0 Å². The van der Waals surface area contributed by atoms with Crippen molar-refractivity contribution in [3.05, 3.63) is 65.5 Å². The van der Waals surface area contributed by atoms with Gasteiger partial charge in [0.2, 0.25) is 12.3 Å². The zero-order valence-electron chi connectivity index (χ0n) is 28.0. The molecule has 0 saturated carbocycles. The number of nitrogens with zero attached hydrogens (tertiary/aromatic N) is 4. The second-order valence-electron chi connectivity index (χ2n) is 12.1. The van der Waals surface area contributed by atoms with Gasteiger partial charge in [0.25, 0.3) is 5.91 Å². The van der Waals surface area contributed by atoms with Crippen molar-refractivity contribution in [3.63, 3.8) is 0 Å². The maximum absolute atomic E-state index is 14.1. The number of ether oxygens (including phenoxy) is 2. The Bertz CT molecular complexity index is 1760. The van der Waals surface area contributed by atoms with Crippen molar-refractivity contribution >= 4 is 40.6 Å². The van der Waals surface area contributed by atoms with Gasteiger partial charge in [-0.05, 0) is 69.1 Å². The van der Waals surface area contributed by atoms with Crippen LogP contribution in [-0.2, 0) is 16.2 Å². The van der Waals surface area contributed by atoms with Crippen LogP contribution in [0.15, 0.2) is 48.5 Å². The van der Waals surface area contributed by atoms with Gasteiger partial charge in [-0.2, -0.15) is 0 Å². The molecule has 5 rings (SSSR count). The molecule has 0 bridgehead atoms. The number of aromatic nitrogens is 2. The second kappa shape index (κ2) is 15.8. The molecule has 1 aliphatic heterocycles. The van der Waals surface area contributed by atoms with Gasteiger partial charge in [-0.3, -0.25) is 14.4 Å². The molecular weight excluding hydrogens is 612 g/mol. The number of aliphatic hydroxyl groups is 1. The molecule has 0 aliphatic carbocycles. The summed E-state index contributed by atoms with van der Waals surface area (Å²) in [6, 6.07) is 14.6. The number of imidazole rings is 1. The van der Waals surface area contributed by atoms with E-state index in [0.29, 0.717) is 59.1 Å². The van der Waals surface area contributed by atoms with Crippen molar-refractivity contribution in [1.29, 1.82) is 0 Å². The predicted molar refractivity (Wildman–Crippen MR) is 186 cm³/mol. The van der Waals surface area contributed by atoms with Crippen LogP contribution in [-0.4, -0.2) is 97.1 Å². The van der Waals surface area contributed by atoms with E-state index in [-0.39, 0.29) is 29.7 Å². The number of amides is 3. The number of carbonyl (C=O) groups is 3. The molecule has 0 atom stereocenters. The normalized spacial score (nSPS) is 13.4. The van der Waals surface area contributed by atoms with Crippen LogP contribution in [0.5, 0.6) is 11.5 Å². The highest BCUT2D eigenvalue weighted by atomic mass is 16.5. The fourth-order valence-corrected chi connectivity index (χ4v) is 6.02. The van der Waals surface area contributed by atoms with Crippen molar-refractivity contribution in [2.45, 2.75) is 39.2 Å². The van der Waals surface area contributed by atoms with E-state index in [9.17, 15) is 19.5 Å². The largest absolute Gasteiger partial charge is 0.494 e. The van der Waals surface area contributed by atoms with Crippen LogP contribution in [0.25, 0.3) is 22.2 Å². The number of H-pyrrole nitrogens is 1. The topological polar surface area (TPSA) is 140 Å². The molecule has 1 saturated heterocycles. The predicted octanol–water partition coefficient (Wildman–Crippen LogP) is 4.60. The maximum Gasteiger partial charge on any atom is 0.260 e. The molecule has 0 radical (unpaired) electrons. The number of aromatic amines is 1. The highest BCUT2D eigenvalue weighted by molar-refractivity contribution is 6.13. The SMILES string of the molecule is COc1c(-c2cccc3[nH]c(CO)nc23)ccc(C(=O)N(C)c2ccc(C)cc2OCCCCCC(=O)N2CCN(C)CC2)c1NC=O. The lowest BCUT2D eigenvalue weighted by atomic mass is 9.98. The lowest BCUT2D eigenvalue weighted by molar-refractivity contribution is -0.132. The number of fused-ring (bicyclic) bond motifs is 1. The van der Waals surface area contributed by atoms with Crippen LogP contribution >= 0.6 is 0 Å². The summed E-state index contributed by atoms with van der Waals surface area (Å²) in [5.41, 5.74) is 4.69. The number of carbonyl (C=O) groups excluding carboxylic acids is 3. The molecular formula is C36H44N6O6. The van der Waals surface area contributed by atoms with Crippen LogP contribution in [0.2, 0.25) is 0 Å². The number of anilines is 2. The summed E-state index contributed by atoms with van der Waals surface area (Å²) >= 11 is 0. The Balaban J connectivity index is 1.31. The van der Waals surface area contributed by atoms with Crippen molar-refractivity contribution in [3.8, 4) is 22.6 Å². The molecule has 0 spiro atoms. The summed E-state index contributed by atoms with van der Waals surface area (Å²) in [5.74, 6) is 1.13. The minimum Gasteiger partial charge on any atom is -0.494 e. The lowest BCUT2D eigenvalue weighted by Crippen LogP contribution is -2.47. The van der Waals surface area contributed by atoms with Gasteiger partial charge in [-0.1, -0.05) is 18.2 Å². The van der Waals surface area contributed by atoms with Crippen molar-refractivity contribution < 1.29 is 29.0 Å². The van der Waals surface area contributed by atoms with Crippen LogP contribution in [0.1, 0.15) is 47.4 Å². The summed E-state index contributed by atoms with van der Waals surface area (Å²) in [6.07, 6.45) is 3.48. The van der Waals surface area contributed by atoms with Gasteiger partial charge in [-0.25, -0.2) is 4.98 Å².